The number of nitrogens with zero attached hydrogens (tertiary/aromatic N) is 1. The second-order valence-electron chi connectivity index (χ2n) is 13.1. The first-order valence-corrected chi connectivity index (χ1v) is 17.8. The van der Waals surface area contributed by atoms with Crippen LogP contribution >= 0.6 is 11.6 Å². The van der Waals surface area contributed by atoms with Crippen LogP contribution in [0.15, 0.2) is 36.4 Å². The van der Waals surface area contributed by atoms with Crippen molar-refractivity contribution in [2.45, 2.75) is 75.6 Å². The summed E-state index contributed by atoms with van der Waals surface area (Å²) in [4.78, 5) is 15.0. The number of fused-ring (bicyclic) bond motifs is 3. The number of carbonyl (C=O) groups is 1. The van der Waals surface area contributed by atoms with Gasteiger partial charge in [-0.3, -0.25) is 0 Å². The fourth-order valence-electron chi connectivity index (χ4n) is 7.87. The van der Waals surface area contributed by atoms with Gasteiger partial charge in [0.2, 0.25) is 10.0 Å². The maximum absolute atomic E-state index is 12.6. The van der Waals surface area contributed by atoms with Crippen LogP contribution < -0.4 is 14.8 Å². The summed E-state index contributed by atoms with van der Waals surface area (Å²) in [6.45, 7) is 4.48. The molecule has 2 aliphatic heterocycles. The van der Waals surface area contributed by atoms with E-state index in [-0.39, 0.29) is 29.3 Å². The van der Waals surface area contributed by atoms with Gasteiger partial charge >= 0.3 is 5.97 Å². The smallest absolute Gasteiger partial charge is 0.337 e. The van der Waals surface area contributed by atoms with E-state index in [9.17, 15) is 13.2 Å². The maximum atomic E-state index is 12.6. The third-order valence-electron chi connectivity index (χ3n) is 10.0. The van der Waals surface area contributed by atoms with Crippen LogP contribution in [0.3, 0.4) is 0 Å². The molecule has 2 aromatic carbocycles. The molecule has 0 bridgehead atoms. The Morgan fingerprint density at radius 2 is 2.05 bits per heavy atom. The zero-order valence-corrected chi connectivity index (χ0v) is 27.1. The minimum atomic E-state index is -3.60. The fraction of sp³-hybridized carbons (Fsp3) is 0.606. The van der Waals surface area contributed by atoms with Gasteiger partial charge in [0.25, 0.3) is 0 Å². The van der Waals surface area contributed by atoms with Gasteiger partial charge in [-0.2, -0.15) is 0 Å². The van der Waals surface area contributed by atoms with E-state index in [2.05, 4.69) is 17.0 Å². The molecule has 6 atom stereocenters. The molecule has 2 heterocycles. The first-order chi connectivity index (χ1) is 21.0. The van der Waals surface area contributed by atoms with Crippen LogP contribution in [0.2, 0.25) is 5.02 Å². The van der Waals surface area contributed by atoms with E-state index in [0.29, 0.717) is 30.6 Å². The van der Waals surface area contributed by atoms with Crippen molar-refractivity contribution in [1.29, 1.82) is 0 Å². The van der Waals surface area contributed by atoms with Crippen LogP contribution in [0.5, 0.6) is 5.75 Å². The van der Waals surface area contributed by atoms with Crippen molar-refractivity contribution in [3.63, 3.8) is 0 Å². The third-order valence-corrected chi connectivity index (χ3v) is 11.2. The van der Waals surface area contributed by atoms with Crippen LogP contribution in [0.4, 0.5) is 5.69 Å². The summed E-state index contributed by atoms with van der Waals surface area (Å²) in [5.41, 5.74) is 3.80. The Morgan fingerprint density at radius 3 is 2.80 bits per heavy atom. The number of halogens is 1. The maximum Gasteiger partial charge on any atom is 0.337 e. The molecule has 2 N–H and O–H groups in total. The van der Waals surface area contributed by atoms with Crippen LogP contribution in [0.1, 0.15) is 66.9 Å². The van der Waals surface area contributed by atoms with Crippen LogP contribution in [0, 0.1) is 11.8 Å². The summed E-state index contributed by atoms with van der Waals surface area (Å²) >= 11 is 6.41. The SMILES string of the molecule is COC(=O)c1ccc2c(c1)N(C[C@@H]1CC[C@H]1[C@@H]1C[C@H](O[C@@H](C)CS(N)(=O)=O)CCO1)C[C@@]1(CCCc3cc(Cl)ccc31)CO2. The summed E-state index contributed by atoms with van der Waals surface area (Å²) in [5, 5.41) is 5.99. The van der Waals surface area contributed by atoms with E-state index in [1.165, 1.54) is 18.2 Å². The molecule has 1 saturated heterocycles. The molecule has 1 spiro atoms. The van der Waals surface area contributed by atoms with Crippen molar-refractivity contribution in [2.75, 3.05) is 44.1 Å². The lowest BCUT2D eigenvalue weighted by atomic mass is 9.67. The van der Waals surface area contributed by atoms with Crippen molar-refractivity contribution < 1.29 is 32.2 Å². The number of aryl methyl sites for hydroxylation is 1. The second kappa shape index (κ2) is 12.8. The van der Waals surface area contributed by atoms with Gasteiger partial charge in [0.1, 0.15) is 5.75 Å². The molecule has 2 aliphatic carbocycles. The summed E-state index contributed by atoms with van der Waals surface area (Å²) in [5.74, 6) is 0.961. The molecule has 0 radical (unpaired) electrons. The van der Waals surface area contributed by atoms with Gasteiger partial charge in [0, 0.05) is 36.6 Å². The highest BCUT2D eigenvalue weighted by Gasteiger charge is 2.45. The number of esters is 1. The minimum Gasteiger partial charge on any atom is -0.490 e. The number of carbonyl (C=O) groups excluding carboxylic acids is 1. The average molecular weight is 647 g/mol. The third kappa shape index (κ3) is 6.75. The molecule has 4 aliphatic rings. The van der Waals surface area contributed by atoms with E-state index in [4.69, 9.17) is 35.7 Å². The summed E-state index contributed by atoms with van der Waals surface area (Å²) in [6, 6.07) is 11.8. The monoisotopic (exact) mass is 646 g/mol. The van der Waals surface area contributed by atoms with Crippen LogP contribution in [-0.2, 0) is 36.1 Å². The van der Waals surface area contributed by atoms with Gasteiger partial charge < -0.3 is 23.8 Å². The highest BCUT2D eigenvalue weighted by atomic mass is 35.5. The Balaban J connectivity index is 1.24. The van der Waals surface area contributed by atoms with Crippen molar-refractivity contribution in [3.05, 3.63) is 58.1 Å². The summed E-state index contributed by atoms with van der Waals surface area (Å²) < 4.78 is 47.1. The molecule has 1 saturated carbocycles. The lowest BCUT2D eigenvalue weighted by Gasteiger charge is -2.48. The first-order valence-electron chi connectivity index (χ1n) is 15.7. The first kappa shape index (κ1) is 31.6. The molecular weight excluding hydrogens is 604 g/mol. The normalized spacial score (nSPS) is 29.0. The molecule has 2 aromatic rings. The molecular formula is C33H43ClN2O7S. The van der Waals surface area contributed by atoms with Gasteiger partial charge in [0.05, 0.1) is 49.0 Å². The van der Waals surface area contributed by atoms with Crippen molar-refractivity contribution >= 4 is 33.3 Å². The van der Waals surface area contributed by atoms with Crippen molar-refractivity contribution in [1.82, 2.24) is 0 Å². The fourth-order valence-corrected chi connectivity index (χ4v) is 8.79. The predicted molar refractivity (Wildman–Crippen MR) is 169 cm³/mol. The number of nitrogens with two attached hydrogens (primary N) is 1. The van der Waals surface area contributed by atoms with Gasteiger partial charge in [-0.05, 0) is 98.7 Å². The minimum absolute atomic E-state index is 0.0461. The Morgan fingerprint density at radius 1 is 1.20 bits per heavy atom. The highest BCUT2D eigenvalue weighted by Crippen LogP contribution is 2.47. The molecule has 2 fully saturated rings. The van der Waals surface area contributed by atoms with Crippen molar-refractivity contribution in [2.24, 2.45) is 17.0 Å². The van der Waals surface area contributed by atoms with E-state index < -0.39 is 16.1 Å². The molecule has 0 unspecified atom stereocenters. The number of anilines is 1. The topological polar surface area (TPSA) is 117 Å². The molecule has 0 amide bonds. The number of methoxy groups -OCH3 is 1. The number of rotatable bonds is 8. The quantitative estimate of drug-likeness (QED) is 0.404. The lowest BCUT2D eigenvalue weighted by molar-refractivity contribution is -0.126. The molecule has 0 aromatic heterocycles. The number of primary sulfonamides is 1. The van der Waals surface area contributed by atoms with Gasteiger partial charge in [-0.1, -0.05) is 17.7 Å². The van der Waals surface area contributed by atoms with Gasteiger partial charge in [-0.15, -0.1) is 0 Å². The lowest BCUT2D eigenvalue weighted by Crippen LogP contribution is -2.51. The Bertz CT molecular complexity index is 1490. The average Bonchev–Trinajstić information content (AvgIpc) is 3.11. The zero-order valence-electron chi connectivity index (χ0n) is 25.5. The van der Waals surface area contributed by atoms with Crippen LogP contribution in [0.25, 0.3) is 0 Å². The molecule has 9 nitrogen and oxygen atoms in total. The van der Waals surface area contributed by atoms with Gasteiger partial charge in [0.15, 0.2) is 0 Å². The van der Waals surface area contributed by atoms with Crippen molar-refractivity contribution in [3.8, 4) is 5.75 Å². The van der Waals surface area contributed by atoms with Gasteiger partial charge in [-0.25, -0.2) is 18.4 Å². The van der Waals surface area contributed by atoms with E-state index in [0.717, 1.165) is 74.5 Å². The summed E-state index contributed by atoms with van der Waals surface area (Å²) in [6.07, 6.45) is 6.21. The number of sulfonamides is 1. The molecule has 44 heavy (non-hydrogen) atoms. The second-order valence-corrected chi connectivity index (χ2v) is 15.2. The Labute approximate surface area is 265 Å². The summed E-state index contributed by atoms with van der Waals surface area (Å²) in [7, 11) is -2.20. The number of ether oxygens (including phenoxy) is 4. The Kier molecular flexibility index (Phi) is 9.19. The largest absolute Gasteiger partial charge is 0.490 e. The number of benzene rings is 2. The zero-order chi connectivity index (χ0) is 31.1. The molecule has 6 rings (SSSR count). The Hall–Kier alpha value is -2.37. The molecule has 11 heteroatoms. The predicted octanol–water partition coefficient (Wildman–Crippen LogP) is 4.87. The van der Waals surface area contributed by atoms with E-state index in [1.807, 2.05) is 18.2 Å². The highest BCUT2D eigenvalue weighted by molar-refractivity contribution is 7.89. The number of hydrogen-bond acceptors (Lipinski definition) is 8. The molecule has 240 valence electrons. The van der Waals surface area contributed by atoms with E-state index in [1.54, 1.807) is 13.0 Å². The van der Waals surface area contributed by atoms with E-state index >= 15 is 0 Å². The standard InChI is InChI=1S/C33H43ClN2O7S/c1-21(18-44(35,38)39)43-26-11-13-41-31(16-26)27-8-5-24(27)17-36-19-33(12-3-4-22-14-25(34)7-9-28(22)33)20-42-30-10-6-23(15-29(30)36)32(37)40-2/h6-7,9-10,14-15,21,24,26-27,31H,3-5,8,11-13,16-20H2,1-2H3,(H2,35,38,39)/t21-,24-,26+,27+,31-,33-/m0/s1. The number of hydrogen-bond donors (Lipinski definition) is 1. The van der Waals surface area contributed by atoms with Crippen LogP contribution in [-0.4, -0.2) is 71.9 Å².